The maximum Gasteiger partial charge on any atom is 0.257 e. The second-order valence-electron chi connectivity index (χ2n) is 8.34. The first-order chi connectivity index (χ1) is 14.7. The van der Waals surface area contributed by atoms with E-state index in [-0.39, 0.29) is 5.56 Å². The summed E-state index contributed by atoms with van der Waals surface area (Å²) in [7, 11) is 0. The van der Waals surface area contributed by atoms with Crippen molar-refractivity contribution in [1.82, 2.24) is 14.9 Å². The lowest BCUT2D eigenvalue weighted by atomic mass is 10.0. The zero-order valence-electron chi connectivity index (χ0n) is 16.9. The molecule has 6 heteroatoms. The molecule has 1 aromatic carbocycles. The van der Waals surface area contributed by atoms with Crippen molar-refractivity contribution in [2.75, 3.05) is 31.1 Å². The molecule has 3 aromatic rings. The van der Waals surface area contributed by atoms with Gasteiger partial charge in [0.2, 0.25) is 0 Å². The molecule has 6 nitrogen and oxygen atoms in total. The van der Waals surface area contributed by atoms with Crippen LogP contribution in [0.15, 0.2) is 53.5 Å². The molecule has 0 radical (unpaired) electrons. The molecule has 0 bridgehead atoms. The summed E-state index contributed by atoms with van der Waals surface area (Å²) in [6.07, 6.45) is 5.11. The van der Waals surface area contributed by atoms with E-state index in [0.29, 0.717) is 22.9 Å². The van der Waals surface area contributed by atoms with Crippen molar-refractivity contribution in [2.45, 2.75) is 31.2 Å². The highest BCUT2D eigenvalue weighted by molar-refractivity contribution is 5.77. The second-order valence-corrected chi connectivity index (χ2v) is 8.34. The van der Waals surface area contributed by atoms with Crippen LogP contribution in [0.5, 0.6) is 0 Å². The van der Waals surface area contributed by atoms with Gasteiger partial charge in [0, 0.05) is 55.7 Å². The number of nitrogens with zero attached hydrogens (tertiary/aromatic N) is 4. The molecule has 3 heterocycles. The van der Waals surface area contributed by atoms with Crippen molar-refractivity contribution in [1.29, 1.82) is 5.26 Å². The van der Waals surface area contributed by atoms with Gasteiger partial charge < -0.3 is 9.88 Å². The molecule has 30 heavy (non-hydrogen) atoms. The lowest BCUT2D eigenvalue weighted by molar-refractivity contribution is 0.186. The second kappa shape index (κ2) is 7.92. The van der Waals surface area contributed by atoms with Crippen LogP contribution in [0.2, 0.25) is 0 Å². The summed E-state index contributed by atoms with van der Waals surface area (Å²) in [5.41, 5.74) is 3.69. The van der Waals surface area contributed by atoms with E-state index in [2.05, 4.69) is 31.9 Å². The minimum absolute atomic E-state index is 0.0323. The number of fused-ring (bicyclic) bond motifs is 1. The first-order valence-electron chi connectivity index (χ1n) is 10.7. The van der Waals surface area contributed by atoms with E-state index in [1.165, 1.54) is 12.1 Å². The molecule has 1 N–H and O–H groups in total. The van der Waals surface area contributed by atoms with Gasteiger partial charge in [-0.05, 0) is 61.7 Å². The van der Waals surface area contributed by atoms with E-state index in [0.717, 1.165) is 50.2 Å². The van der Waals surface area contributed by atoms with Crippen LogP contribution in [0.4, 0.5) is 5.69 Å². The zero-order chi connectivity index (χ0) is 20.5. The van der Waals surface area contributed by atoms with Gasteiger partial charge >= 0.3 is 0 Å². The number of aromatic nitrogens is 2. The maximum absolute atomic E-state index is 12.4. The van der Waals surface area contributed by atoms with E-state index >= 15 is 0 Å². The van der Waals surface area contributed by atoms with Crippen LogP contribution >= 0.6 is 0 Å². The molecule has 1 aliphatic carbocycles. The summed E-state index contributed by atoms with van der Waals surface area (Å²) in [5.74, 6) is 0.394. The van der Waals surface area contributed by atoms with Gasteiger partial charge in [0.25, 0.3) is 5.56 Å². The first-order valence-corrected chi connectivity index (χ1v) is 10.7. The zero-order valence-corrected chi connectivity index (χ0v) is 16.9. The van der Waals surface area contributed by atoms with Gasteiger partial charge in [-0.2, -0.15) is 5.26 Å². The Labute approximate surface area is 175 Å². The minimum atomic E-state index is -0.0323. The highest BCUT2D eigenvalue weighted by Gasteiger charge is 2.32. The van der Waals surface area contributed by atoms with Gasteiger partial charge in [-0.1, -0.05) is 0 Å². The number of anilines is 1. The number of hydrogen-bond acceptors (Lipinski definition) is 5. The van der Waals surface area contributed by atoms with Crippen molar-refractivity contribution in [3.63, 3.8) is 0 Å². The van der Waals surface area contributed by atoms with Gasteiger partial charge in [0.15, 0.2) is 0 Å². The van der Waals surface area contributed by atoms with E-state index < -0.39 is 0 Å². The van der Waals surface area contributed by atoms with Gasteiger partial charge in [-0.3, -0.25) is 14.7 Å². The maximum atomic E-state index is 12.4. The number of nitriles is 1. The van der Waals surface area contributed by atoms with Crippen LogP contribution in [0.1, 0.15) is 36.4 Å². The fraction of sp³-hybridized carbons (Fsp3) is 0.375. The largest absolute Gasteiger partial charge is 0.369 e. The fourth-order valence-corrected chi connectivity index (χ4v) is 4.99. The van der Waals surface area contributed by atoms with Crippen LogP contribution in [0.3, 0.4) is 0 Å². The average Bonchev–Trinajstić information content (AvgIpc) is 3.30. The van der Waals surface area contributed by atoms with Crippen LogP contribution in [-0.4, -0.2) is 47.1 Å². The van der Waals surface area contributed by atoms with Crippen LogP contribution in [0, 0.1) is 11.3 Å². The molecular formula is C24H25N5O. The SMILES string of the molecule is N#Cc1ccc(N2CCN([C@@H]3CC[C@H](c4cc5ncccc5c(=O)[nH]4)C3)CC2)cc1. The Morgan fingerprint density at radius 1 is 1.07 bits per heavy atom. The number of piperazine rings is 1. The number of H-pyrrole nitrogens is 1. The molecule has 1 saturated carbocycles. The molecule has 0 amide bonds. The molecule has 1 aliphatic heterocycles. The molecule has 0 spiro atoms. The highest BCUT2D eigenvalue weighted by Crippen LogP contribution is 2.36. The molecule has 1 saturated heterocycles. The van der Waals surface area contributed by atoms with Crippen molar-refractivity contribution in [2.24, 2.45) is 0 Å². The average molecular weight is 399 g/mol. The quantitative estimate of drug-likeness (QED) is 0.732. The summed E-state index contributed by atoms with van der Waals surface area (Å²) in [6.45, 7) is 4.11. The summed E-state index contributed by atoms with van der Waals surface area (Å²) in [4.78, 5) is 24.9. The third-order valence-electron chi connectivity index (χ3n) is 6.67. The standard InChI is InChI=1S/C24H25N5O/c25-16-17-3-6-19(7-4-17)28-10-12-29(13-11-28)20-8-5-18(14-20)22-15-23-21(24(30)27-22)2-1-9-26-23/h1-4,6-7,9,15,18,20H,5,8,10-14H2,(H,27,30)/t18-,20+/m0/s1. The molecule has 2 aromatic heterocycles. The Bertz CT molecular complexity index is 1140. The normalized spacial score (nSPS) is 22.3. The van der Waals surface area contributed by atoms with E-state index in [1.54, 1.807) is 12.3 Å². The molecule has 2 atom stereocenters. The Balaban J connectivity index is 1.23. The van der Waals surface area contributed by atoms with Crippen LogP contribution < -0.4 is 10.5 Å². The summed E-state index contributed by atoms with van der Waals surface area (Å²) >= 11 is 0. The van der Waals surface area contributed by atoms with Gasteiger partial charge in [-0.15, -0.1) is 0 Å². The van der Waals surface area contributed by atoms with E-state index in [4.69, 9.17) is 5.26 Å². The van der Waals surface area contributed by atoms with Crippen molar-refractivity contribution in [3.05, 3.63) is 70.3 Å². The Morgan fingerprint density at radius 2 is 1.87 bits per heavy atom. The molecular weight excluding hydrogens is 374 g/mol. The number of aromatic amines is 1. The molecule has 152 valence electrons. The summed E-state index contributed by atoms with van der Waals surface area (Å²) in [6, 6.07) is 16.3. The predicted octanol–water partition coefficient (Wildman–Crippen LogP) is 3.25. The van der Waals surface area contributed by atoms with Crippen molar-refractivity contribution < 1.29 is 0 Å². The lowest BCUT2D eigenvalue weighted by Gasteiger charge is -2.39. The number of benzene rings is 1. The number of nitrogens with one attached hydrogen (secondary N) is 1. The number of hydrogen-bond donors (Lipinski definition) is 1. The van der Waals surface area contributed by atoms with Gasteiger partial charge in [0.1, 0.15) is 0 Å². The fourth-order valence-electron chi connectivity index (χ4n) is 4.99. The van der Waals surface area contributed by atoms with Crippen LogP contribution in [-0.2, 0) is 0 Å². The minimum Gasteiger partial charge on any atom is -0.369 e. The monoisotopic (exact) mass is 399 g/mol. The smallest absolute Gasteiger partial charge is 0.257 e. The Morgan fingerprint density at radius 3 is 2.63 bits per heavy atom. The Kier molecular flexibility index (Phi) is 4.97. The van der Waals surface area contributed by atoms with Crippen molar-refractivity contribution in [3.8, 4) is 6.07 Å². The predicted molar refractivity (Wildman–Crippen MR) is 118 cm³/mol. The van der Waals surface area contributed by atoms with Gasteiger partial charge in [0.05, 0.1) is 22.5 Å². The van der Waals surface area contributed by atoms with E-state index in [1.807, 2.05) is 30.3 Å². The Hall–Kier alpha value is -3.17. The molecule has 5 rings (SSSR count). The first kappa shape index (κ1) is 18.8. The number of rotatable bonds is 3. The lowest BCUT2D eigenvalue weighted by Crippen LogP contribution is -2.49. The summed E-state index contributed by atoms with van der Waals surface area (Å²) in [5, 5.41) is 9.63. The molecule has 0 unspecified atom stereocenters. The van der Waals surface area contributed by atoms with Crippen LogP contribution in [0.25, 0.3) is 10.9 Å². The third-order valence-corrected chi connectivity index (χ3v) is 6.67. The molecule has 2 fully saturated rings. The summed E-state index contributed by atoms with van der Waals surface area (Å²) < 4.78 is 0. The van der Waals surface area contributed by atoms with E-state index in [9.17, 15) is 4.79 Å². The van der Waals surface area contributed by atoms with Crippen molar-refractivity contribution >= 4 is 16.6 Å². The van der Waals surface area contributed by atoms with Gasteiger partial charge in [-0.25, -0.2) is 0 Å². The highest BCUT2D eigenvalue weighted by atomic mass is 16.1. The third kappa shape index (κ3) is 3.57. The molecule has 2 aliphatic rings. The number of pyridine rings is 2. The topological polar surface area (TPSA) is 76.0 Å².